The molecule has 84 valence electrons. The quantitative estimate of drug-likeness (QED) is 0.763. The zero-order chi connectivity index (χ0) is 11.5. The van der Waals surface area contributed by atoms with Crippen LogP contribution in [-0.2, 0) is 20.6 Å². The van der Waals surface area contributed by atoms with Gasteiger partial charge in [-0.25, -0.2) is 9.97 Å². The zero-order valence-electron chi connectivity index (χ0n) is 8.41. The standard InChI is InChI=1S/C8H12N2O4S/c1-6(14-2)8-9-4-3-7(10-8)5-15(11,12)13/h3-4,6H,5H2,1-2H3,(H,11,12,13). The highest BCUT2D eigenvalue weighted by molar-refractivity contribution is 7.84. The van der Waals surface area contributed by atoms with E-state index in [1.807, 2.05) is 0 Å². The monoisotopic (exact) mass is 232 g/mol. The second kappa shape index (κ2) is 4.65. The fraction of sp³-hybridized carbons (Fsp3) is 0.500. The minimum Gasteiger partial charge on any atom is -0.374 e. The van der Waals surface area contributed by atoms with Crippen LogP contribution in [-0.4, -0.2) is 30.0 Å². The Morgan fingerprint density at radius 1 is 1.60 bits per heavy atom. The van der Waals surface area contributed by atoms with Crippen molar-refractivity contribution in [3.8, 4) is 0 Å². The maximum atomic E-state index is 10.6. The zero-order valence-corrected chi connectivity index (χ0v) is 9.23. The van der Waals surface area contributed by atoms with Crippen LogP contribution in [0.25, 0.3) is 0 Å². The third kappa shape index (κ3) is 3.90. The van der Waals surface area contributed by atoms with Crippen LogP contribution in [0.1, 0.15) is 24.5 Å². The van der Waals surface area contributed by atoms with Crippen molar-refractivity contribution < 1.29 is 17.7 Å². The van der Waals surface area contributed by atoms with Gasteiger partial charge in [-0.3, -0.25) is 4.55 Å². The van der Waals surface area contributed by atoms with Crippen LogP contribution in [0.3, 0.4) is 0 Å². The molecular weight excluding hydrogens is 220 g/mol. The highest BCUT2D eigenvalue weighted by Crippen LogP contribution is 2.11. The maximum absolute atomic E-state index is 10.6. The fourth-order valence-electron chi connectivity index (χ4n) is 0.981. The normalized spacial score (nSPS) is 13.8. The highest BCUT2D eigenvalue weighted by Gasteiger charge is 2.11. The lowest BCUT2D eigenvalue weighted by molar-refractivity contribution is 0.112. The molecule has 0 spiro atoms. The Labute approximate surface area is 88.1 Å². The molecule has 1 N–H and O–H groups in total. The number of rotatable bonds is 4. The number of hydrogen-bond donors (Lipinski definition) is 1. The molecule has 1 unspecified atom stereocenters. The van der Waals surface area contributed by atoms with Gasteiger partial charge in [-0.1, -0.05) is 0 Å². The van der Waals surface area contributed by atoms with Gasteiger partial charge in [-0.05, 0) is 13.0 Å². The van der Waals surface area contributed by atoms with E-state index in [2.05, 4.69) is 9.97 Å². The molecule has 15 heavy (non-hydrogen) atoms. The second-order valence-electron chi connectivity index (χ2n) is 3.01. The molecule has 1 heterocycles. The van der Waals surface area contributed by atoms with E-state index in [0.29, 0.717) is 5.82 Å². The van der Waals surface area contributed by atoms with Gasteiger partial charge in [0.1, 0.15) is 11.9 Å². The van der Waals surface area contributed by atoms with Crippen LogP contribution < -0.4 is 0 Å². The predicted octanol–water partition coefficient (Wildman–Crippen LogP) is 0.572. The number of methoxy groups -OCH3 is 1. The summed E-state index contributed by atoms with van der Waals surface area (Å²) in [5, 5.41) is 0. The average molecular weight is 232 g/mol. The van der Waals surface area contributed by atoms with Crippen LogP contribution in [0.5, 0.6) is 0 Å². The van der Waals surface area contributed by atoms with E-state index >= 15 is 0 Å². The minimum atomic E-state index is -4.06. The summed E-state index contributed by atoms with van der Waals surface area (Å²) in [5.74, 6) is -0.127. The third-order valence-corrected chi connectivity index (χ3v) is 2.44. The van der Waals surface area contributed by atoms with E-state index < -0.39 is 15.9 Å². The van der Waals surface area contributed by atoms with Gasteiger partial charge >= 0.3 is 0 Å². The third-order valence-electron chi connectivity index (χ3n) is 1.78. The summed E-state index contributed by atoms with van der Waals surface area (Å²) >= 11 is 0. The highest BCUT2D eigenvalue weighted by atomic mass is 32.2. The van der Waals surface area contributed by atoms with E-state index in [-0.39, 0.29) is 11.8 Å². The van der Waals surface area contributed by atoms with Gasteiger partial charge in [0, 0.05) is 13.3 Å². The lowest BCUT2D eigenvalue weighted by atomic mass is 10.3. The van der Waals surface area contributed by atoms with Crippen molar-refractivity contribution in [2.75, 3.05) is 7.11 Å². The molecule has 0 aliphatic rings. The van der Waals surface area contributed by atoms with Crippen LogP contribution >= 0.6 is 0 Å². The molecule has 0 amide bonds. The lowest BCUT2D eigenvalue weighted by Gasteiger charge is -2.08. The number of hydrogen-bond acceptors (Lipinski definition) is 5. The van der Waals surface area contributed by atoms with Crippen molar-refractivity contribution in [1.82, 2.24) is 9.97 Å². The Kier molecular flexibility index (Phi) is 3.72. The van der Waals surface area contributed by atoms with Gasteiger partial charge < -0.3 is 4.74 Å². The molecule has 0 saturated heterocycles. The molecule has 0 aliphatic heterocycles. The Morgan fingerprint density at radius 3 is 2.80 bits per heavy atom. The van der Waals surface area contributed by atoms with Crippen molar-refractivity contribution in [2.45, 2.75) is 18.8 Å². The molecule has 1 atom stereocenters. The number of ether oxygens (including phenoxy) is 1. The molecule has 1 rings (SSSR count). The number of aromatic nitrogens is 2. The van der Waals surface area contributed by atoms with Crippen LogP contribution in [0.4, 0.5) is 0 Å². The van der Waals surface area contributed by atoms with Crippen LogP contribution in [0.2, 0.25) is 0 Å². The molecule has 0 aliphatic carbocycles. The summed E-state index contributed by atoms with van der Waals surface area (Å²) in [6, 6.07) is 1.43. The van der Waals surface area contributed by atoms with Gasteiger partial charge in [0.2, 0.25) is 0 Å². The summed E-state index contributed by atoms with van der Waals surface area (Å²) in [5.41, 5.74) is 0.242. The molecule has 7 heteroatoms. The average Bonchev–Trinajstić information content (AvgIpc) is 2.14. The first-order chi connectivity index (χ1) is 6.92. The van der Waals surface area contributed by atoms with Crippen molar-refractivity contribution >= 4 is 10.1 Å². The Hall–Kier alpha value is -1.05. The Bertz CT molecular complexity index is 432. The van der Waals surface area contributed by atoms with Gasteiger partial charge in [0.15, 0.2) is 5.82 Å². The van der Waals surface area contributed by atoms with Gasteiger partial charge in [-0.15, -0.1) is 0 Å². The first-order valence-electron chi connectivity index (χ1n) is 4.22. The molecule has 0 fully saturated rings. The first-order valence-corrected chi connectivity index (χ1v) is 5.83. The SMILES string of the molecule is COC(C)c1nccc(CS(=O)(=O)O)n1. The maximum Gasteiger partial charge on any atom is 0.270 e. The van der Waals surface area contributed by atoms with Crippen molar-refractivity contribution in [3.05, 3.63) is 23.8 Å². The smallest absolute Gasteiger partial charge is 0.270 e. The molecule has 6 nitrogen and oxygen atoms in total. The van der Waals surface area contributed by atoms with Crippen molar-refractivity contribution in [2.24, 2.45) is 0 Å². The Balaban J connectivity index is 2.93. The summed E-state index contributed by atoms with van der Waals surface area (Å²) in [4.78, 5) is 7.88. The largest absolute Gasteiger partial charge is 0.374 e. The van der Waals surface area contributed by atoms with Crippen LogP contribution in [0, 0.1) is 0 Å². The topological polar surface area (TPSA) is 89.4 Å². The summed E-state index contributed by atoms with van der Waals surface area (Å²) in [7, 11) is -2.55. The molecule has 0 bridgehead atoms. The summed E-state index contributed by atoms with van der Waals surface area (Å²) in [6.07, 6.45) is 1.12. The molecule has 1 aromatic heterocycles. The van der Waals surface area contributed by atoms with E-state index in [1.165, 1.54) is 19.4 Å². The first kappa shape index (κ1) is 12.0. The molecule has 0 aromatic carbocycles. The van der Waals surface area contributed by atoms with Gasteiger partial charge in [0.25, 0.3) is 10.1 Å². The molecule has 0 radical (unpaired) electrons. The van der Waals surface area contributed by atoms with E-state index in [0.717, 1.165) is 0 Å². The van der Waals surface area contributed by atoms with E-state index in [4.69, 9.17) is 9.29 Å². The summed E-state index contributed by atoms with van der Waals surface area (Å²) in [6.45, 7) is 1.74. The van der Waals surface area contributed by atoms with E-state index in [9.17, 15) is 8.42 Å². The predicted molar refractivity (Wildman–Crippen MR) is 52.7 cm³/mol. The van der Waals surface area contributed by atoms with E-state index in [1.54, 1.807) is 6.92 Å². The van der Waals surface area contributed by atoms with Crippen molar-refractivity contribution in [3.63, 3.8) is 0 Å². The lowest BCUT2D eigenvalue weighted by Crippen LogP contribution is -2.08. The van der Waals surface area contributed by atoms with Crippen molar-refractivity contribution in [1.29, 1.82) is 0 Å². The summed E-state index contributed by atoms with van der Waals surface area (Å²) < 4.78 is 34.9. The minimum absolute atomic E-state index is 0.242. The van der Waals surface area contributed by atoms with Crippen LogP contribution in [0.15, 0.2) is 12.3 Å². The Morgan fingerprint density at radius 2 is 2.27 bits per heavy atom. The number of nitrogens with zero attached hydrogens (tertiary/aromatic N) is 2. The molecule has 0 saturated carbocycles. The molecule has 1 aromatic rings. The fourth-order valence-corrected chi connectivity index (χ4v) is 1.52. The molecular formula is C8H12N2O4S. The second-order valence-corrected chi connectivity index (χ2v) is 4.46. The van der Waals surface area contributed by atoms with Gasteiger partial charge in [0.05, 0.1) is 5.69 Å². The van der Waals surface area contributed by atoms with Gasteiger partial charge in [-0.2, -0.15) is 8.42 Å².